The van der Waals surface area contributed by atoms with Gasteiger partial charge < -0.3 is 5.73 Å². The maximum absolute atomic E-state index is 5.67. The minimum absolute atomic E-state index is 0.415. The van der Waals surface area contributed by atoms with Gasteiger partial charge in [-0.25, -0.2) is 0 Å². The second-order valence-electron chi connectivity index (χ2n) is 11.7. The molecular weight excluding hydrogens is 482 g/mol. The van der Waals surface area contributed by atoms with Crippen LogP contribution in [-0.4, -0.2) is 6.54 Å². The molecule has 0 bridgehead atoms. The molecule has 6 aromatic rings. The maximum Gasteiger partial charge on any atom is 0.0114 e. The van der Waals surface area contributed by atoms with Crippen LogP contribution in [0.1, 0.15) is 74.8 Å². The van der Waals surface area contributed by atoms with E-state index in [9.17, 15) is 0 Å². The summed E-state index contributed by atoms with van der Waals surface area (Å²) in [6.45, 7) is 0.832. The lowest BCUT2D eigenvalue weighted by Crippen LogP contribution is -2.00. The molecule has 1 aliphatic carbocycles. The highest BCUT2D eigenvalue weighted by molar-refractivity contribution is 6.25. The maximum atomic E-state index is 5.67. The highest BCUT2D eigenvalue weighted by atomic mass is 14.5. The smallest absolute Gasteiger partial charge is 0.0114 e. The zero-order valence-electron chi connectivity index (χ0n) is 23.5. The molecule has 0 atom stereocenters. The van der Waals surface area contributed by atoms with Gasteiger partial charge in [0.25, 0.3) is 0 Å². The van der Waals surface area contributed by atoms with Gasteiger partial charge in [0.1, 0.15) is 0 Å². The van der Waals surface area contributed by atoms with E-state index in [1.807, 2.05) is 0 Å². The molecule has 0 saturated heterocycles. The van der Waals surface area contributed by atoms with E-state index in [0.717, 1.165) is 6.54 Å². The Hall–Kier alpha value is -3.68. The highest BCUT2D eigenvalue weighted by Crippen LogP contribution is 2.57. The number of benzene rings is 6. The Balaban J connectivity index is 1.38. The first-order valence-electron chi connectivity index (χ1n) is 15.5. The molecule has 0 heterocycles. The third-order valence-electron chi connectivity index (χ3n) is 9.34. The Morgan fingerprint density at radius 3 is 1.12 bits per heavy atom. The van der Waals surface area contributed by atoms with Gasteiger partial charge in [0.05, 0.1) is 0 Å². The average Bonchev–Trinajstić information content (AvgIpc) is 3.36. The fourth-order valence-electron chi connectivity index (χ4n) is 7.59. The highest BCUT2D eigenvalue weighted by Gasteiger charge is 2.35. The molecule has 40 heavy (non-hydrogen) atoms. The van der Waals surface area contributed by atoms with E-state index in [-0.39, 0.29) is 0 Å². The number of hydrogen-bond donors (Lipinski definition) is 1. The summed E-state index contributed by atoms with van der Waals surface area (Å²) >= 11 is 0. The van der Waals surface area contributed by atoms with Crippen LogP contribution in [0.3, 0.4) is 0 Å². The van der Waals surface area contributed by atoms with Gasteiger partial charge in [-0.3, -0.25) is 0 Å². The molecule has 0 spiro atoms. The molecule has 1 nitrogen and oxygen atoms in total. The molecule has 0 radical (unpaired) electrons. The van der Waals surface area contributed by atoms with Gasteiger partial charge in [0.15, 0.2) is 0 Å². The summed E-state index contributed by atoms with van der Waals surface area (Å²) in [5.74, 6) is 0.415. The molecular formula is C39H39N. The number of fused-ring (bicyclic) bond motifs is 13. The third kappa shape index (κ3) is 4.19. The summed E-state index contributed by atoms with van der Waals surface area (Å²) in [5.41, 5.74) is 11.8. The molecule has 0 fully saturated rings. The normalized spacial score (nSPS) is 13.0. The van der Waals surface area contributed by atoms with Gasteiger partial charge in [-0.2, -0.15) is 0 Å². The van der Waals surface area contributed by atoms with E-state index < -0.39 is 0 Å². The van der Waals surface area contributed by atoms with Gasteiger partial charge in [-0.15, -0.1) is 0 Å². The average molecular weight is 522 g/mol. The van der Waals surface area contributed by atoms with Gasteiger partial charge in [-0.1, -0.05) is 142 Å². The zero-order valence-corrected chi connectivity index (χ0v) is 23.5. The number of nitrogens with two attached hydrogens (primary N) is 1. The van der Waals surface area contributed by atoms with Crippen molar-refractivity contribution in [3.63, 3.8) is 0 Å². The fourth-order valence-corrected chi connectivity index (χ4v) is 7.59. The summed E-state index contributed by atoms with van der Waals surface area (Å²) in [7, 11) is 0. The summed E-state index contributed by atoms with van der Waals surface area (Å²) in [6, 6.07) is 36.5. The quantitative estimate of drug-likeness (QED) is 0.141. The Kier molecular flexibility index (Phi) is 7.00. The Morgan fingerprint density at radius 2 is 0.700 bits per heavy atom. The SMILES string of the molecule is NCCCCCCCCCCC1c2c(c3ccccc3c3ccccc23)-c2c1c1ccccc1c1ccccc21. The van der Waals surface area contributed by atoms with Crippen LogP contribution < -0.4 is 5.73 Å². The first-order valence-corrected chi connectivity index (χ1v) is 15.5. The summed E-state index contributed by atoms with van der Waals surface area (Å²) in [4.78, 5) is 0. The fraction of sp³-hybridized carbons (Fsp3) is 0.282. The van der Waals surface area contributed by atoms with Crippen molar-refractivity contribution in [2.75, 3.05) is 6.54 Å². The molecule has 1 heteroatoms. The lowest BCUT2D eigenvalue weighted by Gasteiger charge is -2.19. The third-order valence-corrected chi connectivity index (χ3v) is 9.34. The molecule has 0 unspecified atom stereocenters. The lowest BCUT2D eigenvalue weighted by atomic mass is 9.84. The van der Waals surface area contributed by atoms with Crippen LogP contribution in [0.25, 0.3) is 54.2 Å². The van der Waals surface area contributed by atoms with Crippen LogP contribution in [0.15, 0.2) is 97.1 Å². The largest absolute Gasteiger partial charge is 0.330 e. The number of rotatable bonds is 10. The van der Waals surface area contributed by atoms with Crippen molar-refractivity contribution in [2.45, 2.75) is 63.7 Å². The molecule has 0 aromatic heterocycles. The zero-order chi connectivity index (χ0) is 26.9. The van der Waals surface area contributed by atoms with E-state index in [4.69, 9.17) is 5.73 Å². The van der Waals surface area contributed by atoms with Crippen molar-refractivity contribution < 1.29 is 0 Å². The molecule has 0 saturated carbocycles. The van der Waals surface area contributed by atoms with Crippen molar-refractivity contribution in [3.05, 3.63) is 108 Å². The van der Waals surface area contributed by atoms with Crippen molar-refractivity contribution in [2.24, 2.45) is 5.73 Å². The summed E-state index contributed by atoms with van der Waals surface area (Å²) in [5, 5.41) is 11.2. The van der Waals surface area contributed by atoms with E-state index in [1.54, 1.807) is 11.1 Å². The molecule has 1 aliphatic rings. The molecule has 2 N–H and O–H groups in total. The Morgan fingerprint density at radius 1 is 0.375 bits per heavy atom. The predicted molar refractivity (Wildman–Crippen MR) is 174 cm³/mol. The van der Waals surface area contributed by atoms with Crippen LogP contribution >= 0.6 is 0 Å². The van der Waals surface area contributed by atoms with Crippen LogP contribution in [0, 0.1) is 0 Å². The molecule has 7 rings (SSSR count). The summed E-state index contributed by atoms with van der Waals surface area (Å²) < 4.78 is 0. The first kappa shape index (κ1) is 25.3. The van der Waals surface area contributed by atoms with Crippen LogP contribution in [0.2, 0.25) is 0 Å². The second-order valence-corrected chi connectivity index (χ2v) is 11.7. The minimum Gasteiger partial charge on any atom is -0.330 e. The van der Waals surface area contributed by atoms with E-state index in [2.05, 4.69) is 97.1 Å². The van der Waals surface area contributed by atoms with Crippen LogP contribution in [0.4, 0.5) is 0 Å². The lowest BCUT2D eigenvalue weighted by molar-refractivity contribution is 0.551. The Labute approximate surface area is 238 Å². The molecule has 200 valence electrons. The molecule has 0 amide bonds. The van der Waals surface area contributed by atoms with E-state index in [1.165, 1.54) is 112 Å². The topological polar surface area (TPSA) is 26.0 Å². The van der Waals surface area contributed by atoms with E-state index >= 15 is 0 Å². The van der Waals surface area contributed by atoms with Crippen LogP contribution in [0.5, 0.6) is 0 Å². The van der Waals surface area contributed by atoms with Crippen LogP contribution in [-0.2, 0) is 0 Å². The van der Waals surface area contributed by atoms with Crippen molar-refractivity contribution >= 4 is 43.1 Å². The second kappa shape index (κ2) is 11.1. The first-order chi connectivity index (χ1) is 19.9. The minimum atomic E-state index is 0.415. The molecule has 0 aliphatic heterocycles. The number of hydrogen-bond acceptors (Lipinski definition) is 1. The van der Waals surface area contributed by atoms with Crippen molar-refractivity contribution in [1.29, 1.82) is 0 Å². The summed E-state index contributed by atoms with van der Waals surface area (Å²) in [6.07, 6.45) is 11.6. The standard InChI is InChI=1S/C39H39N/c40-26-16-6-4-2-1-3-5-7-25-35-36-31-21-12-8-17-27(31)29-19-10-14-23-33(29)38(36)39-34-24-15-11-20-30(34)28-18-9-13-22-32(28)37(35)39/h8-15,17-24,35H,1-7,16,25-26,40H2. The molecule has 6 aromatic carbocycles. The van der Waals surface area contributed by atoms with Gasteiger partial charge >= 0.3 is 0 Å². The van der Waals surface area contributed by atoms with E-state index in [0.29, 0.717) is 5.92 Å². The van der Waals surface area contributed by atoms with Crippen molar-refractivity contribution in [3.8, 4) is 11.1 Å². The predicted octanol–water partition coefficient (Wildman–Crippen LogP) is 10.9. The van der Waals surface area contributed by atoms with Gasteiger partial charge in [-0.05, 0) is 84.7 Å². The number of unbranched alkanes of at least 4 members (excludes halogenated alkanes) is 7. The Bertz CT molecular complexity index is 1700. The van der Waals surface area contributed by atoms with Gasteiger partial charge in [0, 0.05) is 5.92 Å². The monoisotopic (exact) mass is 521 g/mol. The van der Waals surface area contributed by atoms with Gasteiger partial charge in [0.2, 0.25) is 0 Å². The van der Waals surface area contributed by atoms with Crippen molar-refractivity contribution in [1.82, 2.24) is 0 Å².